The smallest absolute Gasteiger partial charge is 0.160 e. The summed E-state index contributed by atoms with van der Waals surface area (Å²) < 4.78 is 17.1. The SMILES string of the molecule is COc1ccc(CCOC2CCCC[C@@H]2N2CC[C@@H](C)C2)cc1OC. The Hall–Kier alpha value is -1.26. The molecule has 0 amide bonds. The van der Waals surface area contributed by atoms with Crippen LogP contribution in [0, 0.1) is 5.92 Å². The summed E-state index contributed by atoms with van der Waals surface area (Å²) in [6.07, 6.45) is 7.83. The van der Waals surface area contributed by atoms with E-state index in [0.29, 0.717) is 12.1 Å². The van der Waals surface area contributed by atoms with Crippen LogP contribution in [0.4, 0.5) is 0 Å². The van der Waals surface area contributed by atoms with Crippen LogP contribution in [0.1, 0.15) is 44.6 Å². The highest BCUT2D eigenvalue weighted by Gasteiger charge is 2.33. The van der Waals surface area contributed by atoms with Crippen LogP contribution in [-0.2, 0) is 11.2 Å². The zero-order valence-electron chi connectivity index (χ0n) is 16.0. The van der Waals surface area contributed by atoms with Gasteiger partial charge in [-0.05, 0) is 55.8 Å². The first-order valence-electron chi connectivity index (χ1n) is 9.78. The van der Waals surface area contributed by atoms with Crippen LogP contribution in [-0.4, -0.2) is 51.0 Å². The van der Waals surface area contributed by atoms with E-state index < -0.39 is 0 Å². The Morgan fingerprint density at radius 2 is 1.84 bits per heavy atom. The van der Waals surface area contributed by atoms with Gasteiger partial charge >= 0.3 is 0 Å². The maximum Gasteiger partial charge on any atom is 0.160 e. The minimum atomic E-state index is 0.402. The quantitative estimate of drug-likeness (QED) is 0.748. The molecule has 0 bridgehead atoms. The van der Waals surface area contributed by atoms with Gasteiger partial charge in [-0.3, -0.25) is 4.90 Å². The molecule has 2 fully saturated rings. The van der Waals surface area contributed by atoms with E-state index in [0.717, 1.165) is 30.4 Å². The molecule has 1 heterocycles. The standard InChI is InChI=1S/C21H33NO3/c1-16-10-12-22(15-16)18-6-4-5-7-19(18)25-13-11-17-8-9-20(23-2)21(14-17)24-3/h8-9,14,16,18-19H,4-7,10-13,15H2,1-3H3/t16-,18+,19?/m1/s1. The number of likely N-dealkylation sites (tertiary alicyclic amines) is 1. The average Bonchev–Trinajstić information content (AvgIpc) is 3.08. The van der Waals surface area contributed by atoms with Crippen molar-refractivity contribution >= 4 is 0 Å². The second kappa shape index (κ2) is 8.91. The lowest BCUT2D eigenvalue weighted by atomic mass is 9.91. The van der Waals surface area contributed by atoms with E-state index in [1.807, 2.05) is 6.07 Å². The first-order chi connectivity index (χ1) is 12.2. The number of hydrogen-bond acceptors (Lipinski definition) is 4. The molecular formula is C21H33NO3. The second-order valence-electron chi connectivity index (χ2n) is 7.59. The van der Waals surface area contributed by atoms with E-state index in [9.17, 15) is 0 Å². The van der Waals surface area contributed by atoms with E-state index in [1.165, 1.54) is 50.8 Å². The molecule has 1 unspecified atom stereocenters. The van der Waals surface area contributed by atoms with Gasteiger partial charge in [0.25, 0.3) is 0 Å². The minimum absolute atomic E-state index is 0.402. The zero-order chi connectivity index (χ0) is 17.6. The van der Waals surface area contributed by atoms with Crippen molar-refractivity contribution in [2.45, 2.75) is 57.6 Å². The molecule has 25 heavy (non-hydrogen) atoms. The van der Waals surface area contributed by atoms with Crippen molar-refractivity contribution in [2.24, 2.45) is 5.92 Å². The van der Waals surface area contributed by atoms with E-state index >= 15 is 0 Å². The maximum atomic E-state index is 6.36. The summed E-state index contributed by atoms with van der Waals surface area (Å²) in [6, 6.07) is 6.76. The molecule has 0 radical (unpaired) electrons. The van der Waals surface area contributed by atoms with Gasteiger partial charge < -0.3 is 14.2 Å². The van der Waals surface area contributed by atoms with Crippen LogP contribution in [0.5, 0.6) is 11.5 Å². The fourth-order valence-corrected chi connectivity index (χ4v) is 4.32. The lowest BCUT2D eigenvalue weighted by molar-refractivity contribution is -0.0298. The maximum absolute atomic E-state index is 6.36. The van der Waals surface area contributed by atoms with Gasteiger partial charge in [-0.25, -0.2) is 0 Å². The summed E-state index contributed by atoms with van der Waals surface area (Å²) in [4.78, 5) is 2.69. The summed E-state index contributed by atoms with van der Waals surface area (Å²) in [5, 5.41) is 0. The summed E-state index contributed by atoms with van der Waals surface area (Å²) in [5.41, 5.74) is 1.24. The molecule has 140 valence electrons. The van der Waals surface area contributed by atoms with Crippen molar-refractivity contribution in [1.82, 2.24) is 4.90 Å². The minimum Gasteiger partial charge on any atom is -0.493 e. The first-order valence-corrected chi connectivity index (χ1v) is 9.78. The second-order valence-corrected chi connectivity index (χ2v) is 7.59. The van der Waals surface area contributed by atoms with Crippen LogP contribution in [0.2, 0.25) is 0 Å². The Labute approximate surface area is 152 Å². The van der Waals surface area contributed by atoms with Gasteiger partial charge in [0.15, 0.2) is 11.5 Å². The lowest BCUT2D eigenvalue weighted by Gasteiger charge is -2.38. The van der Waals surface area contributed by atoms with Crippen molar-refractivity contribution < 1.29 is 14.2 Å². The third kappa shape index (κ3) is 4.68. The number of ether oxygens (including phenoxy) is 3. The molecule has 4 heteroatoms. The number of rotatable bonds is 7. The first kappa shape index (κ1) is 18.5. The Morgan fingerprint density at radius 3 is 2.56 bits per heavy atom. The molecule has 4 nitrogen and oxygen atoms in total. The van der Waals surface area contributed by atoms with Crippen LogP contribution in [0.3, 0.4) is 0 Å². The van der Waals surface area contributed by atoms with Crippen molar-refractivity contribution in [1.29, 1.82) is 0 Å². The van der Waals surface area contributed by atoms with Gasteiger partial charge in [-0.15, -0.1) is 0 Å². The molecule has 1 aliphatic heterocycles. The Kier molecular flexibility index (Phi) is 6.60. The molecule has 3 atom stereocenters. The van der Waals surface area contributed by atoms with Crippen molar-refractivity contribution in [2.75, 3.05) is 33.9 Å². The molecule has 1 aliphatic carbocycles. The summed E-state index contributed by atoms with van der Waals surface area (Å²) >= 11 is 0. The molecular weight excluding hydrogens is 314 g/mol. The molecule has 1 saturated carbocycles. The molecule has 1 saturated heterocycles. The van der Waals surface area contributed by atoms with Gasteiger partial charge in [0.05, 0.1) is 26.9 Å². The molecule has 0 aromatic heterocycles. The molecule has 2 aliphatic rings. The summed E-state index contributed by atoms with van der Waals surface area (Å²) in [6.45, 7) is 5.65. The number of benzene rings is 1. The number of methoxy groups -OCH3 is 2. The zero-order valence-corrected chi connectivity index (χ0v) is 16.0. The lowest BCUT2D eigenvalue weighted by Crippen LogP contribution is -2.45. The molecule has 3 rings (SSSR count). The van der Waals surface area contributed by atoms with Gasteiger partial charge in [0.2, 0.25) is 0 Å². The van der Waals surface area contributed by atoms with E-state index in [-0.39, 0.29) is 0 Å². The van der Waals surface area contributed by atoms with Crippen molar-refractivity contribution in [3.63, 3.8) is 0 Å². The third-order valence-corrected chi connectivity index (χ3v) is 5.76. The van der Waals surface area contributed by atoms with E-state index in [4.69, 9.17) is 14.2 Å². The highest BCUT2D eigenvalue weighted by molar-refractivity contribution is 5.42. The topological polar surface area (TPSA) is 30.9 Å². The largest absolute Gasteiger partial charge is 0.493 e. The predicted molar refractivity (Wildman–Crippen MR) is 101 cm³/mol. The molecule has 0 N–H and O–H groups in total. The van der Waals surface area contributed by atoms with Crippen LogP contribution in [0.25, 0.3) is 0 Å². The van der Waals surface area contributed by atoms with Gasteiger partial charge in [-0.2, -0.15) is 0 Å². The van der Waals surface area contributed by atoms with E-state index in [2.05, 4.69) is 24.0 Å². The Balaban J connectivity index is 1.53. The highest BCUT2D eigenvalue weighted by Crippen LogP contribution is 2.30. The van der Waals surface area contributed by atoms with Crippen LogP contribution < -0.4 is 9.47 Å². The third-order valence-electron chi connectivity index (χ3n) is 5.76. The summed E-state index contributed by atoms with van der Waals surface area (Å²) in [5.74, 6) is 2.42. The van der Waals surface area contributed by atoms with Crippen LogP contribution >= 0.6 is 0 Å². The number of nitrogens with zero attached hydrogens (tertiary/aromatic N) is 1. The Bertz CT molecular complexity index is 548. The highest BCUT2D eigenvalue weighted by atomic mass is 16.5. The van der Waals surface area contributed by atoms with Gasteiger partial charge in [0, 0.05) is 12.6 Å². The summed E-state index contributed by atoms with van der Waals surface area (Å²) in [7, 11) is 3.35. The normalized spacial score (nSPS) is 27.4. The van der Waals surface area contributed by atoms with Gasteiger partial charge in [0.1, 0.15) is 0 Å². The molecule has 1 aromatic rings. The Morgan fingerprint density at radius 1 is 1.04 bits per heavy atom. The molecule has 1 aromatic carbocycles. The van der Waals surface area contributed by atoms with Gasteiger partial charge in [-0.1, -0.05) is 25.8 Å². The van der Waals surface area contributed by atoms with Crippen molar-refractivity contribution in [3.05, 3.63) is 23.8 Å². The number of hydrogen-bond donors (Lipinski definition) is 0. The fourth-order valence-electron chi connectivity index (χ4n) is 4.32. The van der Waals surface area contributed by atoms with Crippen molar-refractivity contribution in [3.8, 4) is 11.5 Å². The predicted octanol–water partition coefficient (Wildman–Crippen LogP) is 3.92. The van der Waals surface area contributed by atoms with Crippen LogP contribution in [0.15, 0.2) is 18.2 Å². The van der Waals surface area contributed by atoms with E-state index in [1.54, 1.807) is 14.2 Å². The fraction of sp³-hybridized carbons (Fsp3) is 0.714. The molecule has 0 spiro atoms. The monoisotopic (exact) mass is 347 g/mol. The average molecular weight is 347 g/mol.